The molecule has 0 spiro atoms. The number of nitrogens with zero attached hydrogens (tertiary/aromatic N) is 3. The molecule has 1 aromatic heterocycles. The molecule has 18 heavy (non-hydrogen) atoms. The van der Waals surface area contributed by atoms with Crippen molar-refractivity contribution in [2.24, 2.45) is 5.92 Å². The van der Waals surface area contributed by atoms with E-state index in [1.165, 1.54) is 6.42 Å². The van der Waals surface area contributed by atoms with Gasteiger partial charge < -0.3 is 10.1 Å². The Morgan fingerprint density at radius 3 is 3.11 bits per heavy atom. The van der Waals surface area contributed by atoms with Crippen molar-refractivity contribution in [3.05, 3.63) is 12.2 Å². The molecular weight excluding hydrogens is 228 g/mol. The number of aromatic nitrogens is 3. The molecule has 1 aliphatic heterocycles. The molecule has 2 rings (SSSR count). The van der Waals surface area contributed by atoms with Crippen LogP contribution in [0.25, 0.3) is 0 Å². The Morgan fingerprint density at radius 1 is 1.56 bits per heavy atom. The zero-order chi connectivity index (χ0) is 12.8. The highest BCUT2D eigenvalue weighted by Gasteiger charge is 2.28. The third-order valence-electron chi connectivity index (χ3n) is 3.50. The zero-order valence-electron chi connectivity index (χ0n) is 11.4. The largest absolute Gasteiger partial charge is 0.381 e. The summed E-state index contributed by atoms with van der Waals surface area (Å²) in [4.78, 5) is 4.45. The van der Waals surface area contributed by atoms with Gasteiger partial charge in [0.05, 0.1) is 12.6 Å². The van der Waals surface area contributed by atoms with E-state index in [4.69, 9.17) is 4.74 Å². The summed E-state index contributed by atoms with van der Waals surface area (Å²) >= 11 is 0. The number of nitrogens with one attached hydrogen (secondary N) is 1. The van der Waals surface area contributed by atoms with E-state index < -0.39 is 0 Å². The van der Waals surface area contributed by atoms with Gasteiger partial charge in [0.15, 0.2) is 0 Å². The zero-order valence-corrected chi connectivity index (χ0v) is 11.4. The minimum Gasteiger partial charge on any atom is -0.381 e. The smallest absolute Gasteiger partial charge is 0.144 e. The van der Waals surface area contributed by atoms with Crippen LogP contribution in [0.4, 0.5) is 0 Å². The summed E-state index contributed by atoms with van der Waals surface area (Å²) in [5.74, 6) is 1.57. The van der Waals surface area contributed by atoms with Crippen LogP contribution in [0.1, 0.15) is 45.0 Å². The number of hydrogen-bond acceptors (Lipinski definition) is 4. The van der Waals surface area contributed by atoms with Gasteiger partial charge in [-0.25, -0.2) is 9.67 Å². The normalized spacial score (nSPS) is 22.0. The van der Waals surface area contributed by atoms with E-state index in [0.29, 0.717) is 5.92 Å². The van der Waals surface area contributed by atoms with Gasteiger partial charge in [0.2, 0.25) is 0 Å². The molecule has 1 saturated heterocycles. The fourth-order valence-corrected chi connectivity index (χ4v) is 2.55. The first-order valence-corrected chi connectivity index (χ1v) is 7.05. The summed E-state index contributed by atoms with van der Waals surface area (Å²) in [5.41, 5.74) is 0. The van der Waals surface area contributed by atoms with Crippen molar-refractivity contribution in [1.82, 2.24) is 20.1 Å². The molecule has 0 aliphatic carbocycles. The van der Waals surface area contributed by atoms with E-state index in [0.717, 1.165) is 45.0 Å². The Bertz CT molecular complexity index is 347. The highest BCUT2D eigenvalue weighted by molar-refractivity contribution is 4.98. The van der Waals surface area contributed by atoms with Crippen LogP contribution in [-0.2, 0) is 11.3 Å². The fraction of sp³-hybridized carbons (Fsp3) is 0.846. The SMILES string of the molecule is CCCNC(c1ncnn1CC)C1CCCOC1. The lowest BCUT2D eigenvalue weighted by Crippen LogP contribution is -2.35. The average molecular weight is 252 g/mol. The summed E-state index contributed by atoms with van der Waals surface area (Å²) in [6, 6.07) is 0.271. The first kappa shape index (κ1) is 13.5. The van der Waals surface area contributed by atoms with Crippen LogP contribution in [0, 0.1) is 5.92 Å². The van der Waals surface area contributed by atoms with Gasteiger partial charge in [0.25, 0.3) is 0 Å². The molecule has 1 fully saturated rings. The second kappa shape index (κ2) is 6.85. The summed E-state index contributed by atoms with van der Waals surface area (Å²) < 4.78 is 7.61. The highest BCUT2D eigenvalue weighted by atomic mass is 16.5. The molecule has 1 aliphatic rings. The monoisotopic (exact) mass is 252 g/mol. The Morgan fingerprint density at radius 2 is 2.44 bits per heavy atom. The number of rotatable bonds is 6. The molecule has 5 nitrogen and oxygen atoms in total. The van der Waals surface area contributed by atoms with Crippen molar-refractivity contribution >= 4 is 0 Å². The molecule has 2 heterocycles. The molecule has 5 heteroatoms. The second-order valence-corrected chi connectivity index (χ2v) is 4.84. The number of aryl methyl sites for hydroxylation is 1. The first-order valence-electron chi connectivity index (χ1n) is 7.05. The van der Waals surface area contributed by atoms with Crippen LogP contribution < -0.4 is 5.32 Å². The predicted octanol–water partition coefficient (Wildman–Crippen LogP) is 1.77. The van der Waals surface area contributed by atoms with E-state index in [1.54, 1.807) is 6.33 Å². The van der Waals surface area contributed by atoms with Gasteiger partial charge >= 0.3 is 0 Å². The van der Waals surface area contributed by atoms with Crippen molar-refractivity contribution in [2.45, 2.75) is 45.7 Å². The maximum Gasteiger partial charge on any atom is 0.144 e. The van der Waals surface area contributed by atoms with E-state index in [1.807, 2.05) is 4.68 Å². The molecule has 102 valence electrons. The Labute approximate surface area is 109 Å². The van der Waals surface area contributed by atoms with Gasteiger partial charge in [0.1, 0.15) is 12.2 Å². The lowest BCUT2D eigenvalue weighted by Gasteiger charge is -2.30. The standard InChI is InChI=1S/C13H24N4O/c1-3-7-14-12(11-6-5-8-18-9-11)13-15-10-16-17(13)4-2/h10-12,14H,3-9H2,1-2H3. The van der Waals surface area contributed by atoms with Crippen molar-refractivity contribution in [3.8, 4) is 0 Å². The maximum absolute atomic E-state index is 5.62. The van der Waals surface area contributed by atoms with Gasteiger partial charge in [-0.1, -0.05) is 6.92 Å². The Kier molecular flexibility index (Phi) is 5.13. The van der Waals surface area contributed by atoms with Crippen LogP contribution in [-0.4, -0.2) is 34.5 Å². The summed E-state index contributed by atoms with van der Waals surface area (Å²) in [5, 5.41) is 7.90. The quantitative estimate of drug-likeness (QED) is 0.838. The molecule has 2 atom stereocenters. The molecule has 1 N–H and O–H groups in total. The Hall–Kier alpha value is -0.940. The van der Waals surface area contributed by atoms with Crippen molar-refractivity contribution < 1.29 is 4.74 Å². The molecule has 0 bridgehead atoms. The van der Waals surface area contributed by atoms with E-state index in [9.17, 15) is 0 Å². The molecule has 0 aromatic carbocycles. The van der Waals surface area contributed by atoms with Crippen molar-refractivity contribution in [1.29, 1.82) is 0 Å². The third-order valence-corrected chi connectivity index (χ3v) is 3.50. The third kappa shape index (κ3) is 3.09. The molecule has 2 unspecified atom stereocenters. The average Bonchev–Trinajstić information content (AvgIpc) is 2.89. The molecular formula is C13H24N4O. The van der Waals surface area contributed by atoms with Crippen molar-refractivity contribution in [3.63, 3.8) is 0 Å². The van der Waals surface area contributed by atoms with Crippen LogP contribution in [0.15, 0.2) is 6.33 Å². The van der Waals surface area contributed by atoms with Gasteiger partial charge in [0, 0.05) is 19.1 Å². The molecule has 0 saturated carbocycles. The molecule has 0 radical (unpaired) electrons. The summed E-state index contributed by atoms with van der Waals surface area (Å²) in [7, 11) is 0. The van der Waals surface area contributed by atoms with E-state index in [2.05, 4.69) is 29.2 Å². The number of hydrogen-bond donors (Lipinski definition) is 1. The lowest BCUT2D eigenvalue weighted by atomic mass is 9.93. The van der Waals surface area contributed by atoms with Gasteiger partial charge in [-0.2, -0.15) is 5.10 Å². The van der Waals surface area contributed by atoms with Crippen LogP contribution >= 0.6 is 0 Å². The first-order chi connectivity index (χ1) is 8.86. The topological polar surface area (TPSA) is 52.0 Å². The van der Waals surface area contributed by atoms with Crippen LogP contribution in [0.3, 0.4) is 0 Å². The minimum absolute atomic E-state index is 0.271. The van der Waals surface area contributed by atoms with E-state index in [-0.39, 0.29) is 6.04 Å². The lowest BCUT2D eigenvalue weighted by molar-refractivity contribution is 0.0370. The Balaban J connectivity index is 2.12. The van der Waals surface area contributed by atoms with E-state index >= 15 is 0 Å². The minimum atomic E-state index is 0.271. The maximum atomic E-state index is 5.62. The van der Waals surface area contributed by atoms with Gasteiger partial charge in [-0.15, -0.1) is 0 Å². The summed E-state index contributed by atoms with van der Waals surface area (Å²) in [6.07, 6.45) is 5.14. The summed E-state index contributed by atoms with van der Waals surface area (Å²) in [6.45, 7) is 7.90. The highest BCUT2D eigenvalue weighted by Crippen LogP contribution is 2.27. The molecule has 0 amide bonds. The number of ether oxygens (including phenoxy) is 1. The van der Waals surface area contributed by atoms with Gasteiger partial charge in [-0.05, 0) is 32.7 Å². The van der Waals surface area contributed by atoms with Gasteiger partial charge in [-0.3, -0.25) is 0 Å². The van der Waals surface area contributed by atoms with Crippen LogP contribution in [0.5, 0.6) is 0 Å². The fourth-order valence-electron chi connectivity index (χ4n) is 2.55. The van der Waals surface area contributed by atoms with Crippen LogP contribution in [0.2, 0.25) is 0 Å². The predicted molar refractivity (Wildman–Crippen MR) is 70.3 cm³/mol. The second-order valence-electron chi connectivity index (χ2n) is 4.84. The molecule has 1 aromatic rings. The van der Waals surface area contributed by atoms with Crippen molar-refractivity contribution in [2.75, 3.05) is 19.8 Å².